The van der Waals surface area contributed by atoms with Crippen molar-refractivity contribution < 1.29 is 9.47 Å². The van der Waals surface area contributed by atoms with Gasteiger partial charge in [0.05, 0.1) is 38.2 Å². The van der Waals surface area contributed by atoms with Crippen molar-refractivity contribution in [2.45, 2.75) is 32.0 Å². The molecule has 0 saturated carbocycles. The molecule has 2 heterocycles. The van der Waals surface area contributed by atoms with E-state index < -0.39 is 0 Å². The number of hydrogen-bond acceptors (Lipinski definition) is 5. The lowest BCUT2D eigenvalue weighted by Gasteiger charge is -2.26. The first-order valence-electron chi connectivity index (χ1n) is 6.87. The highest BCUT2D eigenvalue weighted by Gasteiger charge is 2.16. The van der Waals surface area contributed by atoms with Gasteiger partial charge in [0, 0.05) is 31.9 Å². The second-order valence-electron chi connectivity index (χ2n) is 4.99. The van der Waals surface area contributed by atoms with Crippen LogP contribution in [0.2, 0.25) is 0 Å². The van der Waals surface area contributed by atoms with Crippen LogP contribution in [-0.2, 0) is 16.0 Å². The van der Waals surface area contributed by atoms with Crippen LogP contribution in [0.4, 0.5) is 5.69 Å². The minimum absolute atomic E-state index is 0.388. The van der Waals surface area contributed by atoms with Crippen molar-refractivity contribution in [1.29, 1.82) is 0 Å². The summed E-state index contributed by atoms with van der Waals surface area (Å²) in [5.74, 6) is 0. The molecular formula is C13H24N4O2. The van der Waals surface area contributed by atoms with E-state index in [9.17, 15) is 0 Å². The number of methoxy groups -OCH3 is 1. The number of morpholine rings is 1. The molecule has 1 aromatic rings. The Bertz CT molecular complexity index is 363. The number of hydrogen-bond donors (Lipinski definition) is 2. The molecule has 0 bridgehead atoms. The van der Waals surface area contributed by atoms with Crippen LogP contribution in [0.3, 0.4) is 0 Å². The molecule has 1 fully saturated rings. The van der Waals surface area contributed by atoms with Gasteiger partial charge in [0.25, 0.3) is 0 Å². The Hall–Kier alpha value is -1.11. The summed E-state index contributed by atoms with van der Waals surface area (Å²) in [5, 5.41) is 11.2. The first-order chi connectivity index (χ1) is 9.28. The van der Waals surface area contributed by atoms with E-state index in [1.165, 1.54) is 0 Å². The third kappa shape index (κ3) is 4.81. The fourth-order valence-corrected chi connectivity index (χ4v) is 2.29. The van der Waals surface area contributed by atoms with Gasteiger partial charge in [0.15, 0.2) is 0 Å². The zero-order chi connectivity index (χ0) is 13.5. The van der Waals surface area contributed by atoms with Crippen molar-refractivity contribution in [2.24, 2.45) is 0 Å². The second kappa shape index (κ2) is 7.47. The maximum Gasteiger partial charge on any atom is 0.0728 e. The number of nitrogens with one attached hydrogen (secondary N) is 2. The standard InChI is InChI=1S/C13H24N4O2/c1-11(7-12-10-19-5-3-14-12)16-13-8-15-17(9-13)4-6-18-2/h8-9,11-12,14,16H,3-7,10H2,1-2H3. The molecule has 2 N–H and O–H groups in total. The molecule has 19 heavy (non-hydrogen) atoms. The number of ether oxygens (including phenoxy) is 2. The van der Waals surface area contributed by atoms with Crippen molar-refractivity contribution >= 4 is 5.69 Å². The molecule has 6 nitrogen and oxygen atoms in total. The van der Waals surface area contributed by atoms with Gasteiger partial charge in [-0.25, -0.2) is 0 Å². The first kappa shape index (κ1) is 14.3. The van der Waals surface area contributed by atoms with Crippen LogP contribution in [0, 0.1) is 0 Å². The largest absolute Gasteiger partial charge is 0.383 e. The second-order valence-corrected chi connectivity index (χ2v) is 4.99. The van der Waals surface area contributed by atoms with Crippen molar-refractivity contribution in [3.63, 3.8) is 0 Å². The fourth-order valence-electron chi connectivity index (χ4n) is 2.29. The summed E-state index contributed by atoms with van der Waals surface area (Å²) in [7, 11) is 1.70. The Balaban J connectivity index is 1.74. The lowest BCUT2D eigenvalue weighted by molar-refractivity contribution is 0.0731. The van der Waals surface area contributed by atoms with E-state index in [2.05, 4.69) is 22.7 Å². The van der Waals surface area contributed by atoms with Crippen LogP contribution in [-0.4, -0.2) is 55.3 Å². The van der Waals surface area contributed by atoms with Gasteiger partial charge in [-0.15, -0.1) is 0 Å². The summed E-state index contributed by atoms with van der Waals surface area (Å²) < 4.78 is 12.4. The maximum absolute atomic E-state index is 5.46. The van der Waals surface area contributed by atoms with E-state index in [4.69, 9.17) is 9.47 Å². The summed E-state index contributed by atoms with van der Waals surface area (Å²) in [5.41, 5.74) is 1.06. The molecule has 0 radical (unpaired) electrons. The highest BCUT2D eigenvalue weighted by molar-refractivity contribution is 5.39. The molecule has 0 amide bonds. The molecule has 0 aromatic carbocycles. The predicted molar refractivity (Wildman–Crippen MR) is 74.4 cm³/mol. The highest BCUT2D eigenvalue weighted by Crippen LogP contribution is 2.11. The molecule has 2 atom stereocenters. The Labute approximate surface area is 114 Å². The zero-order valence-electron chi connectivity index (χ0n) is 11.8. The molecule has 6 heteroatoms. The Morgan fingerprint density at radius 3 is 3.32 bits per heavy atom. The van der Waals surface area contributed by atoms with Gasteiger partial charge >= 0.3 is 0 Å². The molecule has 2 rings (SSSR count). The van der Waals surface area contributed by atoms with Crippen molar-refractivity contribution in [3.05, 3.63) is 12.4 Å². The predicted octanol–water partition coefficient (Wildman–Crippen LogP) is 0.708. The van der Waals surface area contributed by atoms with Gasteiger partial charge in [-0.2, -0.15) is 5.10 Å². The SMILES string of the molecule is COCCn1cc(NC(C)CC2COCCN2)cn1. The van der Waals surface area contributed by atoms with Crippen LogP contribution in [0.25, 0.3) is 0 Å². The monoisotopic (exact) mass is 268 g/mol. The lowest BCUT2D eigenvalue weighted by Crippen LogP contribution is -2.43. The van der Waals surface area contributed by atoms with E-state index in [0.29, 0.717) is 18.7 Å². The number of aromatic nitrogens is 2. The Kier molecular flexibility index (Phi) is 5.62. The van der Waals surface area contributed by atoms with Crippen LogP contribution < -0.4 is 10.6 Å². The van der Waals surface area contributed by atoms with Gasteiger partial charge in [0.2, 0.25) is 0 Å². The van der Waals surface area contributed by atoms with Crippen LogP contribution in [0.15, 0.2) is 12.4 Å². The third-order valence-electron chi connectivity index (χ3n) is 3.21. The molecular weight excluding hydrogens is 244 g/mol. The van der Waals surface area contributed by atoms with Crippen LogP contribution in [0.1, 0.15) is 13.3 Å². The van der Waals surface area contributed by atoms with E-state index in [0.717, 1.165) is 38.4 Å². The molecule has 2 unspecified atom stereocenters. The summed E-state index contributed by atoms with van der Waals surface area (Å²) in [6.45, 7) is 6.23. The van der Waals surface area contributed by atoms with Gasteiger partial charge in [-0.1, -0.05) is 0 Å². The average Bonchev–Trinajstić information content (AvgIpc) is 2.85. The Morgan fingerprint density at radius 2 is 2.58 bits per heavy atom. The van der Waals surface area contributed by atoms with E-state index in [1.807, 2.05) is 17.1 Å². The quantitative estimate of drug-likeness (QED) is 0.762. The van der Waals surface area contributed by atoms with Crippen molar-refractivity contribution in [3.8, 4) is 0 Å². The smallest absolute Gasteiger partial charge is 0.0728 e. The van der Waals surface area contributed by atoms with Crippen LogP contribution in [0.5, 0.6) is 0 Å². The van der Waals surface area contributed by atoms with E-state index in [1.54, 1.807) is 7.11 Å². The fraction of sp³-hybridized carbons (Fsp3) is 0.769. The number of anilines is 1. The van der Waals surface area contributed by atoms with Gasteiger partial charge in [0.1, 0.15) is 0 Å². The van der Waals surface area contributed by atoms with Gasteiger partial charge < -0.3 is 20.1 Å². The highest BCUT2D eigenvalue weighted by atomic mass is 16.5. The molecule has 0 spiro atoms. The molecule has 1 aliphatic heterocycles. The zero-order valence-corrected chi connectivity index (χ0v) is 11.8. The van der Waals surface area contributed by atoms with E-state index >= 15 is 0 Å². The summed E-state index contributed by atoms with van der Waals surface area (Å²) >= 11 is 0. The topological polar surface area (TPSA) is 60.3 Å². The molecule has 1 aliphatic rings. The summed E-state index contributed by atoms with van der Waals surface area (Å²) in [4.78, 5) is 0. The molecule has 0 aliphatic carbocycles. The van der Waals surface area contributed by atoms with E-state index in [-0.39, 0.29) is 0 Å². The Morgan fingerprint density at radius 1 is 1.68 bits per heavy atom. The summed E-state index contributed by atoms with van der Waals surface area (Å²) in [6.07, 6.45) is 4.92. The molecule has 108 valence electrons. The van der Waals surface area contributed by atoms with Gasteiger partial charge in [-0.05, 0) is 13.3 Å². The maximum atomic E-state index is 5.46. The minimum atomic E-state index is 0.388. The lowest BCUT2D eigenvalue weighted by atomic mass is 10.1. The molecule has 1 saturated heterocycles. The van der Waals surface area contributed by atoms with Crippen molar-refractivity contribution in [1.82, 2.24) is 15.1 Å². The van der Waals surface area contributed by atoms with Crippen molar-refractivity contribution in [2.75, 3.05) is 38.8 Å². The minimum Gasteiger partial charge on any atom is -0.383 e. The molecule has 1 aromatic heterocycles. The summed E-state index contributed by atoms with van der Waals surface area (Å²) in [6, 6.07) is 0.832. The number of nitrogens with zero attached hydrogens (tertiary/aromatic N) is 2. The van der Waals surface area contributed by atoms with Gasteiger partial charge in [-0.3, -0.25) is 4.68 Å². The average molecular weight is 268 g/mol. The number of rotatable bonds is 7. The normalized spacial score (nSPS) is 21.3. The first-order valence-corrected chi connectivity index (χ1v) is 6.87. The third-order valence-corrected chi connectivity index (χ3v) is 3.21. The van der Waals surface area contributed by atoms with Crippen LogP contribution >= 0.6 is 0 Å².